The molecule has 0 bridgehead atoms. The molecule has 2 aromatic heterocycles. The average molecular weight is 300 g/mol. The Morgan fingerprint density at radius 1 is 1.05 bits per heavy atom. The Kier molecular flexibility index (Phi) is 3.71. The summed E-state index contributed by atoms with van der Waals surface area (Å²) in [5, 5.41) is 1.36. The van der Waals surface area contributed by atoms with E-state index in [1.54, 1.807) is 6.20 Å². The summed E-state index contributed by atoms with van der Waals surface area (Å²) < 4.78 is 5.99. The number of ether oxygens (including phenoxy) is 1. The molecule has 1 aromatic carbocycles. The lowest BCUT2D eigenvalue weighted by molar-refractivity contribution is 0.456. The average Bonchev–Trinajstić information content (AvgIpc) is 2.47. The first-order chi connectivity index (χ1) is 10.2. The maximum Gasteiger partial charge on any atom is 0.227 e. The standard InChI is InChI=1S/C16H14ClN3O/c1-10(2)14-15(17)19-9-20-16(14)21-13-7-3-6-12-11(13)5-4-8-18-12/h3-10H,1-2H3. The zero-order chi connectivity index (χ0) is 14.8. The van der Waals surface area contributed by atoms with Crippen LogP contribution in [0.3, 0.4) is 0 Å². The lowest BCUT2D eigenvalue weighted by Gasteiger charge is -2.14. The van der Waals surface area contributed by atoms with Crippen molar-refractivity contribution < 1.29 is 4.74 Å². The van der Waals surface area contributed by atoms with Crippen LogP contribution in [-0.2, 0) is 0 Å². The van der Waals surface area contributed by atoms with Crippen LogP contribution in [0.1, 0.15) is 25.3 Å². The van der Waals surface area contributed by atoms with E-state index in [1.165, 1.54) is 6.33 Å². The van der Waals surface area contributed by atoms with E-state index in [1.807, 2.05) is 44.2 Å². The number of benzene rings is 1. The zero-order valence-electron chi connectivity index (χ0n) is 11.7. The minimum atomic E-state index is 0.168. The van der Waals surface area contributed by atoms with E-state index >= 15 is 0 Å². The van der Waals surface area contributed by atoms with Gasteiger partial charge >= 0.3 is 0 Å². The number of hydrogen-bond donors (Lipinski definition) is 0. The first-order valence-electron chi connectivity index (χ1n) is 6.69. The highest BCUT2D eigenvalue weighted by Gasteiger charge is 2.16. The Bertz CT molecular complexity index is 784. The minimum absolute atomic E-state index is 0.168. The molecule has 0 amide bonds. The van der Waals surface area contributed by atoms with Gasteiger partial charge in [0.2, 0.25) is 5.88 Å². The van der Waals surface area contributed by atoms with E-state index in [9.17, 15) is 0 Å². The van der Waals surface area contributed by atoms with E-state index in [-0.39, 0.29) is 5.92 Å². The summed E-state index contributed by atoms with van der Waals surface area (Å²) in [6.45, 7) is 4.06. The molecule has 0 N–H and O–H groups in total. The lowest BCUT2D eigenvalue weighted by atomic mass is 10.1. The highest BCUT2D eigenvalue weighted by molar-refractivity contribution is 6.30. The molecule has 0 saturated heterocycles. The van der Waals surface area contributed by atoms with Crippen molar-refractivity contribution in [2.24, 2.45) is 0 Å². The molecule has 3 aromatic rings. The van der Waals surface area contributed by atoms with Crippen molar-refractivity contribution in [2.45, 2.75) is 19.8 Å². The third-order valence-electron chi connectivity index (χ3n) is 3.19. The summed E-state index contributed by atoms with van der Waals surface area (Å²) in [4.78, 5) is 12.6. The van der Waals surface area contributed by atoms with E-state index in [0.29, 0.717) is 16.8 Å². The van der Waals surface area contributed by atoms with Gasteiger partial charge in [0.1, 0.15) is 17.2 Å². The van der Waals surface area contributed by atoms with Gasteiger partial charge in [0.15, 0.2) is 0 Å². The highest BCUT2D eigenvalue weighted by atomic mass is 35.5. The maximum absolute atomic E-state index is 6.17. The van der Waals surface area contributed by atoms with Gasteiger partial charge in [0.05, 0.1) is 11.1 Å². The highest BCUT2D eigenvalue weighted by Crippen LogP contribution is 2.34. The second-order valence-corrected chi connectivity index (χ2v) is 5.32. The fourth-order valence-corrected chi connectivity index (χ4v) is 2.54. The summed E-state index contributed by atoms with van der Waals surface area (Å²) in [6, 6.07) is 9.59. The molecule has 4 nitrogen and oxygen atoms in total. The minimum Gasteiger partial charge on any atom is -0.438 e. The Balaban J connectivity index is 2.09. The van der Waals surface area contributed by atoms with Crippen LogP contribution in [0, 0.1) is 0 Å². The quantitative estimate of drug-likeness (QED) is 0.663. The predicted molar refractivity (Wildman–Crippen MR) is 82.9 cm³/mol. The Labute approximate surface area is 127 Å². The van der Waals surface area contributed by atoms with Gasteiger partial charge in [0.25, 0.3) is 0 Å². The molecule has 5 heteroatoms. The second-order valence-electron chi connectivity index (χ2n) is 4.97. The first kappa shape index (κ1) is 13.8. The van der Waals surface area contributed by atoms with Crippen molar-refractivity contribution in [3.8, 4) is 11.6 Å². The fraction of sp³-hybridized carbons (Fsp3) is 0.188. The van der Waals surface area contributed by atoms with E-state index in [2.05, 4.69) is 15.0 Å². The van der Waals surface area contributed by atoms with Crippen molar-refractivity contribution >= 4 is 22.5 Å². The van der Waals surface area contributed by atoms with Gasteiger partial charge in [-0.3, -0.25) is 4.98 Å². The number of halogens is 1. The van der Waals surface area contributed by atoms with Crippen LogP contribution in [0.4, 0.5) is 0 Å². The molecular formula is C16H14ClN3O. The molecule has 2 heterocycles. The van der Waals surface area contributed by atoms with Gasteiger partial charge in [-0.2, -0.15) is 0 Å². The van der Waals surface area contributed by atoms with E-state index < -0.39 is 0 Å². The maximum atomic E-state index is 6.17. The predicted octanol–water partition coefficient (Wildman–Crippen LogP) is 4.59. The van der Waals surface area contributed by atoms with Gasteiger partial charge in [-0.25, -0.2) is 9.97 Å². The molecule has 21 heavy (non-hydrogen) atoms. The van der Waals surface area contributed by atoms with Crippen LogP contribution in [0.15, 0.2) is 42.9 Å². The van der Waals surface area contributed by atoms with Crippen molar-refractivity contribution in [1.29, 1.82) is 0 Å². The molecule has 3 rings (SSSR count). The fourth-order valence-electron chi connectivity index (χ4n) is 2.19. The number of fused-ring (bicyclic) bond motifs is 1. The molecule has 0 aliphatic rings. The molecule has 0 aliphatic heterocycles. The summed E-state index contributed by atoms with van der Waals surface area (Å²) in [6.07, 6.45) is 3.17. The van der Waals surface area contributed by atoms with Crippen molar-refractivity contribution in [3.63, 3.8) is 0 Å². The van der Waals surface area contributed by atoms with Gasteiger partial charge in [-0.15, -0.1) is 0 Å². The van der Waals surface area contributed by atoms with Crippen LogP contribution < -0.4 is 4.74 Å². The van der Waals surface area contributed by atoms with Crippen molar-refractivity contribution in [1.82, 2.24) is 15.0 Å². The smallest absolute Gasteiger partial charge is 0.227 e. The summed E-state index contributed by atoms with van der Waals surface area (Å²) in [5.74, 6) is 1.36. The van der Waals surface area contributed by atoms with Gasteiger partial charge < -0.3 is 4.74 Å². The van der Waals surface area contributed by atoms with E-state index in [0.717, 1.165) is 16.5 Å². The number of pyridine rings is 1. The van der Waals surface area contributed by atoms with Crippen LogP contribution in [-0.4, -0.2) is 15.0 Å². The van der Waals surface area contributed by atoms with Gasteiger partial charge in [-0.05, 0) is 30.2 Å². The molecule has 106 valence electrons. The monoisotopic (exact) mass is 299 g/mol. The lowest BCUT2D eigenvalue weighted by Crippen LogP contribution is -2.00. The molecular weight excluding hydrogens is 286 g/mol. The third-order valence-corrected chi connectivity index (χ3v) is 3.49. The van der Waals surface area contributed by atoms with Crippen molar-refractivity contribution in [2.75, 3.05) is 0 Å². The Morgan fingerprint density at radius 2 is 1.90 bits per heavy atom. The van der Waals surface area contributed by atoms with Crippen LogP contribution >= 0.6 is 11.6 Å². The first-order valence-corrected chi connectivity index (χ1v) is 7.06. The van der Waals surface area contributed by atoms with Crippen LogP contribution in [0.2, 0.25) is 5.15 Å². The van der Waals surface area contributed by atoms with Gasteiger partial charge in [0, 0.05) is 11.6 Å². The molecule has 0 fully saturated rings. The SMILES string of the molecule is CC(C)c1c(Cl)ncnc1Oc1cccc2ncccc12. The largest absolute Gasteiger partial charge is 0.438 e. The summed E-state index contributed by atoms with van der Waals surface area (Å²) in [7, 11) is 0. The molecule has 0 unspecified atom stereocenters. The summed E-state index contributed by atoms with van der Waals surface area (Å²) >= 11 is 6.17. The van der Waals surface area contributed by atoms with Crippen LogP contribution in [0.25, 0.3) is 10.9 Å². The van der Waals surface area contributed by atoms with Gasteiger partial charge in [-0.1, -0.05) is 31.5 Å². The molecule has 0 radical (unpaired) electrons. The van der Waals surface area contributed by atoms with Crippen LogP contribution in [0.5, 0.6) is 11.6 Å². The topological polar surface area (TPSA) is 47.9 Å². The normalized spacial score (nSPS) is 11.0. The molecule has 0 atom stereocenters. The third kappa shape index (κ3) is 2.67. The Morgan fingerprint density at radius 3 is 2.71 bits per heavy atom. The number of nitrogens with zero attached hydrogens (tertiary/aromatic N) is 3. The van der Waals surface area contributed by atoms with E-state index in [4.69, 9.17) is 16.3 Å². The second kappa shape index (κ2) is 5.66. The summed E-state index contributed by atoms with van der Waals surface area (Å²) in [5.41, 5.74) is 1.68. The Hall–Kier alpha value is -2.20. The number of rotatable bonds is 3. The number of aromatic nitrogens is 3. The molecule has 0 aliphatic carbocycles. The van der Waals surface area contributed by atoms with Crippen molar-refractivity contribution in [3.05, 3.63) is 53.6 Å². The molecule has 0 spiro atoms. The molecule has 0 saturated carbocycles. The zero-order valence-corrected chi connectivity index (χ0v) is 12.5. The number of hydrogen-bond acceptors (Lipinski definition) is 4.